The van der Waals surface area contributed by atoms with Crippen LogP contribution in [0.3, 0.4) is 0 Å². The number of halogens is 3. The molecule has 2 nitrogen and oxygen atoms in total. The molecule has 90 valence electrons. The summed E-state index contributed by atoms with van der Waals surface area (Å²) in [6, 6.07) is 2.48. The van der Waals surface area contributed by atoms with Crippen LogP contribution in [0.15, 0.2) is 12.1 Å². The van der Waals surface area contributed by atoms with Gasteiger partial charge < -0.3 is 5.73 Å². The molecule has 0 unspecified atom stereocenters. The van der Waals surface area contributed by atoms with Gasteiger partial charge in [-0.05, 0) is 24.1 Å². The van der Waals surface area contributed by atoms with Crippen LogP contribution >= 0.6 is 0 Å². The monoisotopic (exact) mass is 240 g/mol. The Morgan fingerprint density at radius 2 is 1.88 bits per heavy atom. The molecule has 17 heavy (non-hydrogen) atoms. The molecule has 0 aliphatic heterocycles. The normalized spacial score (nSPS) is 11.1. The molecular formula is C12H11F3N2. The Labute approximate surface area is 96.3 Å². The number of aryl methyl sites for hydroxylation is 1. The number of aromatic nitrogens is 1. The van der Waals surface area contributed by atoms with E-state index in [1.807, 2.05) is 6.92 Å². The zero-order chi connectivity index (χ0) is 12.6. The summed E-state index contributed by atoms with van der Waals surface area (Å²) in [7, 11) is 0. The second-order valence-corrected chi connectivity index (χ2v) is 3.84. The number of nitrogens with two attached hydrogens (primary N) is 1. The lowest BCUT2D eigenvalue weighted by Crippen LogP contribution is -2.01. The summed E-state index contributed by atoms with van der Waals surface area (Å²) < 4.78 is 39.5. The molecule has 0 saturated carbocycles. The standard InChI is InChI=1S/C12H11F3N2/c1-2-3-6-4-7-5-8(13)9(14)10(15)11(7)17-12(6)16/h4-5H,2-3H2,1H3,(H2,16,17). The fourth-order valence-electron chi connectivity index (χ4n) is 1.75. The average molecular weight is 240 g/mol. The number of fused-ring (bicyclic) bond motifs is 1. The number of pyridine rings is 1. The zero-order valence-electron chi connectivity index (χ0n) is 9.23. The van der Waals surface area contributed by atoms with Crippen LogP contribution in [-0.4, -0.2) is 4.98 Å². The van der Waals surface area contributed by atoms with Gasteiger partial charge in [-0.15, -0.1) is 0 Å². The molecule has 0 radical (unpaired) electrons. The molecular weight excluding hydrogens is 229 g/mol. The van der Waals surface area contributed by atoms with E-state index in [1.54, 1.807) is 6.07 Å². The van der Waals surface area contributed by atoms with Crippen molar-refractivity contribution in [1.82, 2.24) is 4.98 Å². The van der Waals surface area contributed by atoms with Crippen LogP contribution in [0.5, 0.6) is 0 Å². The number of benzene rings is 1. The van der Waals surface area contributed by atoms with E-state index in [0.717, 1.165) is 12.5 Å². The highest BCUT2D eigenvalue weighted by Crippen LogP contribution is 2.25. The van der Waals surface area contributed by atoms with Gasteiger partial charge in [0.15, 0.2) is 17.5 Å². The third-order valence-electron chi connectivity index (χ3n) is 2.58. The van der Waals surface area contributed by atoms with E-state index in [-0.39, 0.29) is 16.7 Å². The third-order valence-corrected chi connectivity index (χ3v) is 2.58. The van der Waals surface area contributed by atoms with Gasteiger partial charge in [-0.3, -0.25) is 0 Å². The highest BCUT2D eigenvalue weighted by molar-refractivity contribution is 5.82. The number of rotatable bonds is 2. The maximum absolute atomic E-state index is 13.4. The molecule has 2 aromatic rings. The molecule has 0 spiro atoms. The molecule has 0 aliphatic carbocycles. The van der Waals surface area contributed by atoms with Gasteiger partial charge >= 0.3 is 0 Å². The second-order valence-electron chi connectivity index (χ2n) is 3.84. The molecule has 0 saturated heterocycles. The van der Waals surface area contributed by atoms with Gasteiger partial charge in [-0.2, -0.15) is 0 Å². The van der Waals surface area contributed by atoms with Crippen molar-refractivity contribution in [3.8, 4) is 0 Å². The minimum atomic E-state index is -1.52. The van der Waals surface area contributed by atoms with Crippen LogP contribution in [0.25, 0.3) is 10.9 Å². The minimum Gasteiger partial charge on any atom is -0.383 e. The Bertz CT molecular complexity index is 582. The summed E-state index contributed by atoms with van der Waals surface area (Å²) in [5.74, 6) is -3.88. The van der Waals surface area contributed by atoms with E-state index in [4.69, 9.17) is 5.73 Å². The molecule has 0 bridgehead atoms. The van der Waals surface area contributed by atoms with Crippen molar-refractivity contribution in [3.05, 3.63) is 35.1 Å². The van der Waals surface area contributed by atoms with Crippen molar-refractivity contribution in [2.24, 2.45) is 0 Å². The van der Waals surface area contributed by atoms with Gasteiger partial charge in [0.25, 0.3) is 0 Å². The zero-order valence-corrected chi connectivity index (χ0v) is 9.23. The molecule has 2 N–H and O–H groups in total. The summed E-state index contributed by atoms with van der Waals surface area (Å²) in [6.45, 7) is 1.95. The lowest BCUT2D eigenvalue weighted by Gasteiger charge is -2.07. The van der Waals surface area contributed by atoms with Gasteiger partial charge in [0.2, 0.25) is 0 Å². The lowest BCUT2D eigenvalue weighted by molar-refractivity contribution is 0.452. The minimum absolute atomic E-state index is 0.157. The second kappa shape index (κ2) is 4.24. The number of anilines is 1. The predicted octanol–water partition coefficient (Wildman–Crippen LogP) is 3.19. The van der Waals surface area contributed by atoms with Crippen molar-refractivity contribution >= 4 is 16.7 Å². The summed E-state index contributed by atoms with van der Waals surface area (Å²) >= 11 is 0. The molecule has 1 heterocycles. The van der Waals surface area contributed by atoms with E-state index in [9.17, 15) is 13.2 Å². The van der Waals surface area contributed by atoms with Gasteiger partial charge in [-0.1, -0.05) is 13.3 Å². The van der Waals surface area contributed by atoms with Crippen LogP contribution in [-0.2, 0) is 6.42 Å². The molecule has 1 aromatic carbocycles. The average Bonchev–Trinajstić information content (AvgIpc) is 2.29. The third kappa shape index (κ3) is 1.92. The maximum atomic E-state index is 13.4. The summed E-state index contributed by atoms with van der Waals surface area (Å²) in [4.78, 5) is 3.79. The maximum Gasteiger partial charge on any atom is 0.196 e. The fourth-order valence-corrected chi connectivity index (χ4v) is 1.75. The van der Waals surface area contributed by atoms with E-state index >= 15 is 0 Å². The first-order chi connectivity index (χ1) is 8.04. The SMILES string of the molecule is CCCc1cc2cc(F)c(F)c(F)c2nc1N. The molecule has 0 aliphatic rings. The van der Waals surface area contributed by atoms with Gasteiger partial charge in [0.1, 0.15) is 11.3 Å². The van der Waals surface area contributed by atoms with Crippen molar-refractivity contribution in [2.75, 3.05) is 5.73 Å². The van der Waals surface area contributed by atoms with E-state index in [2.05, 4.69) is 4.98 Å². The number of nitrogen functional groups attached to an aromatic ring is 1. The van der Waals surface area contributed by atoms with Gasteiger partial charge in [-0.25, -0.2) is 18.2 Å². The first-order valence-electron chi connectivity index (χ1n) is 5.27. The van der Waals surface area contributed by atoms with E-state index in [1.165, 1.54) is 0 Å². The van der Waals surface area contributed by atoms with Crippen molar-refractivity contribution in [2.45, 2.75) is 19.8 Å². The highest BCUT2D eigenvalue weighted by Gasteiger charge is 2.16. The first-order valence-corrected chi connectivity index (χ1v) is 5.27. The van der Waals surface area contributed by atoms with Gasteiger partial charge in [0, 0.05) is 5.39 Å². The molecule has 2 rings (SSSR count). The largest absolute Gasteiger partial charge is 0.383 e. The summed E-state index contributed by atoms with van der Waals surface area (Å²) in [5.41, 5.74) is 6.11. The molecule has 0 atom stereocenters. The predicted molar refractivity (Wildman–Crippen MR) is 60.0 cm³/mol. The van der Waals surface area contributed by atoms with E-state index in [0.29, 0.717) is 12.0 Å². The Kier molecular flexibility index (Phi) is 2.92. The topological polar surface area (TPSA) is 38.9 Å². The Hall–Kier alpha value is -1.78. The molecule has 5 heteroatoms. The summed E-state index contributed by atoms with van der Waals surface area (Å²) in [6.07, 6.45) is 1.50. The molecule has 1 aromatic heterocycles. The van der Waals surface area contributed by atoms with Crippen LogP contribution in [0, 0.1) is 17.5 Å². The van der Waals surface area contributed by atoms with E-state index < -0.39 is 17.5 Å². The number of hydrogen-bond donors (Lipinski definition) is 1. The lowest BCUT2D eigenvalue weighted by atomic mass is 10.1. The Balaban J connectivity index is 2.74. The smallest absolute Gasteiger partial charge is 0.196 e. The molecule has 0 fully saturated rings. The fraction of sp³-hybridized carbons (Fsp3) is 0.250. The van der Waals surface area contributed by atoms with Crippen molar-refractivity contribution in [1.29, 1.82) is 0 Å². The van der Waals surface area contributed by atoms with Crippen LogP contribution in [0.1, 0.15) is 18.9 Å². The molecule has 0 amide bonds. The first kappa shape index (κ1) is 11.7. The summed E-state index contributed by atoms with van der Waals surface area (Å²) in [5, 5.41) is 0.221. The van der Waals surface area contributed by atoms with Crippen molar-refractivity contribution in [3.63, 3.8) is 0 Å². The quantitative estimate of drug-likeness (QED) is 0.819. The van der Waals surface area contributed by atoms with Gasteiger partial charge in [0.05, 0.1) is 0 Å². The Morgan fingerprint density at radius 1 is 1.18 bits per heavy atom. The number of nitrogens with zero attached hydrogens (tertiary/aromatic N) is 1. The van der Waals surface area contributed by atoms with Crippen LogP contribution in [0.2, 0.25) is 0 Å². The van der Waals surface area contributed by atoms with Crippen LogP contribution in [0.4, 0.5) is 19.0 Å². The number of hydrogen-bond acceptors (Lipinski definition) is 2. The van der Waals surface area contributed by atoms with Crippen molar-refractivity contribution < 1.29 is 13.2 Å². The highest BCUT2D eigenvalue weighted by atomic mass is 19.2. The Morgan fingerprint density at radius 3 is 2.53 bits per heavy atom. The van der Waals surface area contributed by atoms with Crippen LogP contribution < -0.4 is 5.73 Å².